The number of anilines is 2. The molecule has 0 amide bonds. The van der Waals surface area contributed by atoms with Crippen molar-refractivity contribution in [1.82, 2.24) is 15.0 Å². The number of fused-ring (bicyclic) bond motifs is 1. The van der Waals surface area contributed by atoms with Gasteiger partial charge in [-0.25, -0.2) is 23.5 Å². The van der Waals surface area contributed by atoms with Crippen LogP contribution in [0.15, 0.2) is 41.3 Å². The molecular formula is C19H17F3N6O2S. The average Bonchev–Trinajstić information content (AvgIpc) is 2.70. The lowest BCUT2D eigenvalue weighted by atomic mass is 10.1. The van der Waals surface area contributed by atoms with Crippen molar-refractivity contribution in [3.05, 3.63) is 47.7 Å². The highest BCUT2D eigenvalue weighted by Gasteiger charge is 2.27. The van der Waals surface area contributed by atoms with Crippen molar-refractivity contribution in [2.45, 2.75) is 24.0 Å². The quantitative estimate of drug-likeness (QED) is 0.494. The highest BCUT2D eigenvalue weighted by atomic mass is 32.2. The number of pyridine rings is 1. The van der Waals surface area contributed by atoms with Crippen LogP contribution in [0.3, 0.4) is 0 Å². The molecule has 0 spiro atoms. The van der Waals surface area contributed by atoms with Crippen molar-refractivity contribution in [2.24, 2.45) is 5.14 Å². The molecule has 162 valence electrons. The summed E-state index contributed by atoms with van der Waals surface area (Å²) in [5, 5.41) is 10.3. The topological polar surface area (TPSA) is 123 Å². The van der Waals surface area contributed by atoms with Gasteiger partial charge in [0.15, 0.2) is 5.82 Å². The van der Waals surface area contributed by atoms with E-state index in [4.69, 9.17) is 11.6 Å². The van der Waals surface area contributed by atoms with Crippen LogP contribution < -0.4 is 15.8 Å². The summed E-state index contributed by atoms with van der Waals surface area (Å²) in [6, 6.07) is 8.47. The number of rotatable bonds is 6. The zero-order valence-corrected chi connectivity index (χ0v) is 16.9. The predicted molar refractivity (Wildman–Crippen MR) is 110 cm³/mol. The molecule has 3 aromatic rings. The highest BCUT2D eigenvalue weighted by molar-refractivity contribution is 7.89. The van der Waals surface area contributed by atoms with Crippen molar-refractivity contribution in [3.63, 3.8) is 0 Å². The van der Waals surface area contributed by atoms with E-state index >= 15 is 0 Å². The monoisotopic (exact) mass is 450 g/mol. The van der Waals surface area contributed by atoms with Gasteiger partial charge in [-0.3, -0.25) is 0 Å². The van der Waals surface area contributed by atoms with Crippen molar-refractivity contribution in [1.29, 1.82) is 0 Å². The van der Waals surface area contributed by atoms with E-state index in [1.807, 2.05) is 0 Å². The first-order valence-corrected chi connectivity index (χ1v) is 10.4. The van der Waals surface area contributed by atoms with Gasteiger partial charge in [0.05, 0.1) is 16.5 Å². The van der Waals surface area contributed by atoms with E-state index in [-0.39, 0.29) is 33.4 Å². The van der Waals surface area contributed by atoms with Crippen molar-refractivity contribution < 1.29 is 21.6 Å². The first-order chi connectivity index (χ1) is 14.5. The SMILES string of the molecule is C#Cc1ccc2nc(N[C@H](C)c3ccc(S(N)(=O)=O)cc3)nc(NCC(F)(F)F)c2n1. The summed E-state index contributed by atoms with van der Waals surface area (Å²) in [5.74, 6) is 2.24. The Morgan fingerprint density at radius 2 is 1.81 bits per heavy atom. The van der Waals surface area contributed by atoms with E-state index in [1.165, 1.54) is 24.3 Å². The largest absolute Gasteiger partial charge is 0.405 e. The summed E-state index contributed by atoms with van der Waals surface area (Å²) < 4.78 is 60.9. The molecule has 0 unspecified atom stereocenters. The summed E-state index contributed by atoms with van der Waals surface area (Å²) in [5.41, 5.74) is 1.31. The Hall–Kier alpha value is -3.43. The van der Waals surface area contributed by atoms with Crippen LogP contribution in [0.4, 0.5) is 24.9 Å². The molecule has 0 radical (unpaired) electrons. The number of nitrogens with one attached hydrogen (secondary N) is 2. The van der Waals surface area contributed by atoms with Gasteiger partial charge in [0.1, 0.15) is 17.8 Å². The maximum absolute atomic E-state index is 12.7. The van der Waals surface area contributed by atoms with Gasteiger partial charge in [0, 0.05) is 0 Å². The Morgan fingerprint density at radius 1 is 1.13 bits per heavy atom. The average molecular weight is 450 g/mol. The minimum atomic E-state index is -4.47. The summed E-state index contributed by atoms with van der Waals surface area (Å²) in [6.07, 6.45) is 0.855. The fourth-order valence-corrected chi connectivity index (χ4v) is 3.20. The zero-order chi connectivity index (χ0) is 22.8. The van der Waals surface area contributed by atoms with E-state index < -0.39 is 28.8 Å². The number of alkyl halides is 3. The Bertz CT molecular complexity index is 1250. The fraction of sp³-hybridized carbons (Fsp3) is 0.211. The van der Waals surface area contributed by atoms with Gasteiger partial charge in [-0.15, -0.1) is 6.42 Å². The molecule has 31 heavy (non-hydrogen) atoms. The Morgan fingerprint density at radius 3 is 2.39 bits per heavy atom. The molecular weight excluding hydrogens is 433 g/mol. The molecule has 8 nitrogen and oxygen atoms in total. The van der Waals surface area contributed by atoms with E-state index in [1.54, 1.807) is 19.1 Å². The van der Waals surface area contributed by atoms with E-state index in [0.29, 0.717) is 5.56 Å². The van der Waals surface area contributed by atoms with Gasteiger partial charge in [-0.2, -0.15) is 18.2 Å². The van der Waals surface area contributed by atoms with E-state index in [0.717, 1.165) is 0 Å². The summed E-state index contributed by atoms with van der Waals surface area (Å²) >= 11 is 0. The number of benzene rings is 1. The van der Waals surface area contributed by atoms with Crippen molar-refractivity contribution in [3.8, 4) is 12.3 Å². The normalized spacial score (nSPS) is 12.9. The van der Waals surface area contributed by atoms with Crippen LogP contribution in [0.1, 0.15) is 24.2 Å². The maximum Gasteiger partial charge on any atom is 0.405 e. The molecule has 0 saturated heterocycles. The minimum absolute atomic E-state index is 0.0422. The number of hydrogen-bond acceptors (Lipinski definition) is 7. The lowest BCUT2D eigenvalue weighted by Gasteiger charge is -2.17. The lowest BCUT2D eigenvalue weighted by Crippen LogP contribution is -2.22. The van der Waals surface area contributed by atoms with Crippen LogP contribution in [0.2, 0.25) is 0 Å². The molecule has 0 aliphatic rings. The standard InChI is InChI=1S/C19H17F3N6O2S/c1-3-13-6-9-15-16(26-13)17(24-10-19(20,21)22)28-18(27-15)25-11(2)12-4-7-14(8-5-12)31(23,29)30/h1,4-9,11H,10H2,2H3,(H2,23,29,30)(H2,24,25,27,28)/t11-/m1/s1. The molecule has 12 heteroatoms. The number of hydrogen-bond donors (Lipinski definition) is 3. The highest BCUT2D eigenvalue weighted by Crippen LogP contribution is 2.25. The second kappa shape index (κ2) is 8.37. The molecule has 0 aliphatic carbocycles. The van der Waals surface area contributed by atoms with Crippen LogP contribution in [0.5, 0.6) is 0 Å². The van der Waals surface area contributed by atoms with Crippen molar-refractivity contribution >= 4 is 32.8 Å². The molecule has 0 bridgehead atoms. The Balaban J connectivity index is 1.93. The van der Waals surface area contributed by atoms with Crippen LogP contribution >= 0.6 is 0 Å². The minimum Gasteiger partial charge on any atom is -0.359 e. The van der Waals surface area contributed by atoms with Crippen LogP contribution in [-0.2, 0) is 10.0 Å². The smallest absolute Gasteiger partial charge is 0.359 e. The summed E-state index contributed by atoms with van der Waals surface area (Å²) in [7, 11) is -3.82. The number of halogens is 3. The number of primary sulfonamides is 1. The molecule has 2 heterocycles. The van der Waals surface area contributed by atoms with E-state index in [9.17, 15) is 21.6 Å². The number of nitrogens with zero attached hydrogens (tertiary/aromatic N) is 3. The zero-order valence-electron chi connectivity index (χ0n) is 16.1. The Kier molecular flexibility index (Phi) is 6.01. The number of sulfonamides is 1. The fourth-order valence-electron chi connectivity index (χ4n) is 2.69. The Labute approximate surface area is 176 Å². The van der Waals surface area contributed by atoms with Gasteiger partial charge in [0.2, 0.25) is 16.0 Å². The second-order valence-corrected chi connectivity index (χ2v) is 8.11. The van der Waals surface area contributed by atoms with Gasteiger partial charge in [0.25, 0.3) is 0 Å². The van der Waals surface area contributed by atoms with Gasteiger partial charge in [-0.1, -0.05) is 18.1 Å². The first kappa shape index (κ1) is 22.3. The predicted octanol–water partition coefficient (Wildman–Crippen LogP) is 2.80. The van der Waals surface area contributed by atoms with Gasteiger partial charge >= 0.3 is 6.18 Å². The van der Waals surface area contributed by atoms with Gasteiger partial charge < -0.3 is 10.6 Å². The molecule has 1 aromatic carbocycles. The lowest BCUT2D eigenvalue weighted by molar-refractivity contribution is -0.115. The third kappa shape index (κ3) is 5.59. The molecule has 4 N–H and O–H groups in total. The second-order valence-electron chi connectivity index (χ2n) is 6.55. The molecule has 1 atom stereocenters. The molecule has 2 aromatic heterocycles. The first-order valence-electron chi connectivity index (χ1n) is 8.81. The van der Waals surface area contributed by atoms with Crippen molar-refractivity contribution in [2.75, 3.05) is 17.2 Å². The molecule has 0 saturated carbocycles. The molecule has 0 fully saturated rings. The summed E-state index contributed by atoms with van der Waals surface area (Å²) in [6.45, 7) is 0.438. The molecule has 3 rings (SSSR count). The maximum atomic E-state index is 12.7. The number of nitrogens with two attached hydrogens (primary N) is 1. The third-order valence-electron chi connectivity index (χ3n) is 4.20. The van der Waals surface area contributed by atoms with Crippen LogP contribution in [0.25, 0.3) is 11.0 Å². The van der Waals surface area contributed by atoms with Gasteiger partial charge in [-0.05, 0) is 36.8 Å². The number of aromatic nitrogens is 3. The summed E-state index contributed by atoms with van der Waals surface area (Å²) in [4.78, 5) is 12.5. The number of terminal acetylenes is 1. The molecule has 0 aliphatic heterocycles. The third-order valence-corrected chi connectivity index (χ3v) is 5.13. The van der Waals surface area contributed by atoms with Crippen LogP contribution in [0, 0.1) is 12.3 Å². The van der Waals surface area contributed by atoms with E-state index in [2.05, 4.69) is 31.5 Å². The van der Waals surface area contributed by atoms with Crippen LogP contribution in [-0.4, -0.2) is 36.1 Å².